The lowest BCUT2D eigenvalue weighted by Gasteiger charge is -2.17. The first-order valence-corrected chi connectivity index (χ1v) is 10.9. The van der Waals surface area contributed by atoms with Crippen molar-refractivity contribution in [2.75, 3.05) is 0 Å². The maximum absolute atomic E-state index is 4.33. The minimum absolute atomic E-state index is 0.500. The number of aryl methyl sites for hydroxylation is 2. The van der Waals surface area contributed by atoms with E-state index in [1.54, 1.807) is 0 Å². The van der Waals surface area contributed by atoms with E-state index >= 15 is 0 Å². The first-order valence-electron chi connectivity index (χ1n) is 10.9. The predicted octanol–water partition coefficient (Wildman–Crippen LogP) is 6.96. The molecular weight excluding hydrogens is 306 g/mol. The molecule has 0 aliphatic heterocycles. The van der Waals surface area contributed by atoms with Gasteiger partial charge in [-0.25, -0.2) is 0 Å². The highest BCUT2D eigenvalue weighted by Gasteiger charge is 2.08. The third kappa shape index (κ3) is 13.1. The van der Waals surface area contributed by atoms with Crippen molar-refractivity contribution in [3.05, 3.63) is 11.9 Å². The molecule has 0 amide bonds. The van der Waals surface area contributed by atoms with Crippen LogP contribution in [0.5, 0.6) is 0 Å². The Morgan fingerprint density at radius 1 is 0.800 bits per heavy atom. The third-order valence-electron chi connectivity index (χ3n) is 4.94. The maximum atomic E-state index is 4.33. The highest BCUT2D eigenvalue weighted by molar-refractivity contribution is 4.92. The van der Waals surface area contributed by atoms with Gasteiger partial charge < -0.3 is 0 Å². The molecule has 0 bridgehead atoms. The van der Waals surface area contributed by atoms with Gasteiger partial charge in [-0.3, -0.25) is 4.68 Å². The van der Waals surface area contributed by atoms with Crippen molar-refractivity contribution in [2.24, 2.45) is 5.41 Å². The van der Waals surface area contributed by atoms with Crippen LogP contribution in [0.25, 0.3) is 0 Å². The molecule has 3 nitrogen and oxygen atoms in total. The highest BCUT2D eigenvalue weighted by atomic mass is 15.4. The summed E-state index contributed by atoms with van der Waals surface area (Å²) in [7, 11) is 0. The van der Waals surface area contributed by atoms with Crippen molar-refractivity contribution in [2.45, 2.75) is 124 Å². The Morgan fingerprint density at radius 2 is 1.40 bits per heavy atom. The van der Waals surface area contributed by atoms with Gasteiger partial charge in [0.05, 0.1) is 5.69 Å². The van der Waals surface area contributed by atoms with Gasteiger partial charge in [0.1, 0.15) is 0 Å². The van der Waals surface area contributed by atoms with Crippen LogP contribution in [-0.2, 0) is 13.0 Å². The molecule has 1 aromatic heterocycles. The fraction of sp³-hybridized carbons (Fsp3) is 0.909. The summed E-state index contributed by atoms with van der Waals surface area (Å²) in [5.74, 6) is 0. The monoisotopic (exact) mass is 349 g/mol. The summed E-state index contributed by atoms with van der Waals surface area (Å²) < 4.78 is 2.05. The van der Waals surface area contributed by atoms with Crippen LogP contribution >= 0.6 is 0 Å². The summed E-state index contributed by atoms with van der Waals surface area (Å²) in [6.45, 7) is 10.3. The molecule has 0 saturated heterocycles. The Bertz CT molecular complexity index is 417. The van der Waals surface area contributed by atoms with E-state index in [1.807, 2.05) is 4.68 Å². The van der Waals surface area contributed by atoms with E-state index in [0.717, 1.165) is 13.0 Å². The molecule has 0 saturated carbocycles. The molecule has 3 heteroatoms. The van der Waals surface area contributed by atoms with E-state index in [2.05, 4.69) is 44.2 Å². The van der Waals surface area contributed by atoms with Gasteiger partial charge >= 0.3 is 0 Å². The molecule has 0 aliphatic carbocycles. The summed E-state index contributed by atoms with van der Waals surface area (Å²) >= 11 is 0. The van der Waals surface area contributed by atoms with Crippen molar-refractivity contribution < 1.29 is 0 Å². The summed E-state index contributed by atoms with van der Waals surface area (Å²) in [5.41, 5.74) is 1.68. The van der Waals surface area contributed by atoms with Gasteiger partial charge in [-0.05, 0) is 31.1 Å². The second kappa shape index (κ2) is 13.4. The van der Waals surface area contributed by atoms with Crippen LogP contribution in [-0.4, -0.2) is 15.0 Å². The summed E-state index contributed by atoms with van der Waals surface area (Å²) in [6, 6.07) is 0. The van der Waals surface area contributed by atoms with Gasteiger partial charge in [-0.2, -0.15) is 0 Å². The second-order valence-corrected chi connectivity index (χ2v) is 8.92. The second-order valence-electron chi connectivity index (χ2n) is 8.92. The number of unbranched alkanes of at least 4 members (excludes halogenated alkanes) is 10. The predicted molar refractivity (Wildman–Crippen MR) is 109 cm³/mol. The molecule has 0 aliphatic rings. The molecule has 0 aromatic carbocycles. The van der Waals surface area contributed by atoms with Crippen molar-refractivity contribution >= 4 is 0 Å². The molecule has 1 heterocycles. The van der Waals surface area contributed by atoms with Crippen LogP contribution < -0.4 is 0 Å². The molecular formula is C22H43N3. The van der Waals surface area contributed by atoms with Crippen molar-refractivity contribution in [1.29, 1.82) is 0 Å². The number of rotatable bonds is 15. The average molecular weight is 350 g/mol. The number of nitrogens with zero attached hydrogens (tertiary/aromatic N) is 3. The summed E-state index contributed by atoms with van der Waals surface area (Å²) in [5, 5.41) is 8.61. The van der Waals surface area contributed by atoms with Crippen LogP contribution in [0.2, 0.25) is 0 Å². The third-order valence-corrected chi connectivity index (χ3v) is 4.94. The SMILES string of the molecule is CCCCCCCCc1cn(CCCCCCCCC(C)(C)C)nn1. The zero-order valence-corrected chi connectivity index (χ0v) is 17.5. The molecule has 1 rings (SSSR count). The Kier molecular flexibility index (Phi) is 11.9. The Labute approximate surface area is 157 Å². The maximum Gasteiger partial charge on any atom is 0.0827 e. The van der Waals surface area contributed by atoms with Crippen molar-refractivity contribution in [1.82, 2.24) is 15.0 Å². The fourth-order valence-electron chi connectivity index (χ4n) is 3.29. The van der Waals surface area contributed by atoms with E-state index in [1.165, 1.54) is 89.2 Å². The van der Waals surface area contributed by atoms with Crippen LogP contribution in [0.3, 0.4) is 0 Å². The van der Waals surface area contributed by atoms with Gasteiger partial charge in [0.25, 0.3) is 0 Å². The Balaban J connectivity index is 1.97. The largest absolute Gasteiger partial charge is 0.252 e. The molecule has 0 radical (unpaired) electrons. The van der Waals surface area contributed by atoms with Gasteiger partial charge in [-0.1, -0.05) is 97.1 Å². The standard InChI is InChI=1S/C22H43N3/c1-5-6-7-8-11-14-17-21-20-25(24-23-21)19-16-13-10-9-12-15-18-22(2,3)4/h20H,5-19H2,1-4H3. The van der Waals surface area contributed by atoms with Crippen molar-refractivity contribution in [3.63, 3.8) is 0 Å². The molecule has 25 heavy (non-hydrogen) atoms. The van der Waals surface area contributed by atoms with Gasteiger partial charge in [-0.15, -0.1) is 5.10 Å². The van der Waals surface area contributed by atoms with E-state index in [0.29, 0.717) is 5.41 Å². The lowest BCUT2D eigenvalue weighted by molar-refractivity contribution is 0.356. The minimum Gasteiger partial charge on any atom is -0.252 e. The normalized spacial score (nSPS) is 12.0. The zero-order chi connectivity index (χ0) is 18.4. The Morgan fingerprint density at radius 3 is 2.08 bits per heavy atom. The smallest absolute Gasteiger partial charge is 0.0827 e. The minimum atomic E-state index is 0.500. The molecule has 0 spiro atoms. The number of hydrogen-bond donors (Lipinski definition) is 0. The van der Waals surface area contributed by atoms with Crippen LogP contribution in [0.1, 0.15) is 117 Å². The first kappa shape index (κ1) is 22.2. The summed E-state index contributed by atoms with van der Waals surface area (Å²) in [4.78, 5) is 0. The lowest BCUT2D eigenvalue weighted by Crippen LogP contribution is -2.03. The van der Waals surface area contributed by atoms with E-state index in [9.17, 15) is 0 Å². The number of aromatic nitrogens is 3. The molecule has 0 atom stereocenters. The van der Waals surface area contributed by atoms with Crippen LogP contribution in [0.15, 0.2) is 6.20 Å². The number of hydrogen-bond acceptors (Lipinski definition) is 2. The fourth-order valence-corrected chi connectivity index (χ4v) is 3.29. The first-order chi connectivity index (χ1) is 12.0. The quantitative estimate of drug-likeness (QED) is 0.320. The summed E-state index contributed by atoms with van der Waals surface area (Å²) in [6.07, 6.45) is 20.8. The average Bonchev–Trinajstić information content (AvgIpc) is 3.00. The van der Waals surface area contributed by atoms with Crippen LogP contribution in [0.4, 0.5) is 0 Å². The lowest BCUT2D eigenvalue weighted by atomic mass is 9.89. The van der Waals surface area contributed by atoms with Gasteiger partial charge in [0.2, 0.25) is 0 Å². The molecule has 0 unspecified atom stereocenters. The highest BCUT2D eigenvalue weighted by Crippen LogP contribution is 2.22. The zero-order valence-electron chi connectivity index (χ0n) is 17.5. The van der Waals surface area contributed by atoms with E-state index < -0.39 is 0 Å². The molecule has 0 N–H and O–H groups in total. The van der Waals surface area contributed by atoms with E-state index in [4.69, 9.17) is 0 Å². The molecule has 0 fully saturated rings. The molecule has 146 valence electrons. The Hall–Kier alpha value is -0.860. The molecule has 1 aromatic rings. The topological polar surface area (TPSA) is 30.7 Å². The van der Waals surface area contributed by atoms with Gasteiger partial charge in [0.15, 0.2) is 0 Å². The van der Waals surface area contributed by atoms with E-state index in [-0.39, 0.29) is 0 Å². The van der Waals surface area contributed by atoms with Crippen LogP contribution in [0, 0.1) is 5.41 Å². The van der Waals surface area contributed by atoms with Crippen molar-refractivity contribution in [3.8, 4) is 0 Å². The van der Waals surface area contributed by atoms with Gasteiger partial charge in [0, 0.05) is 12.7 Å².